The number of fused-ring (bicyclic) bond motifs is 1. The van der Waals surface area contributed by atoms with Crippen LogP contribution >= 0.6 is 0 Å². The van der Waals surface area contributed by atoms with Crippen LogP contribution in [0.25, 0.3) is 11.1 Å². The van der Waals surface area contributed by atoms with E-state index in [1.807, 2.05) is 30.3 Å². The monoisotopic (exact) mass is 709 g/mol. The van der Waals surface area contributed by atoms with Gasteiger partial charge in [0, 0.05) is 29.4 Å². The number of amides is 2. The molecule has 2 fully saturated rings. The fourth-order valence-electron chi connectivity index (χ4n) is 6.42. The molecule has 5 rings (SSSR count). The highest BCUT2D eigenvalue weighted by Gasteiger charge is 2.44. The Morgan fingerprint density at radius 3 is 2.49 bits per heavy atom. The van der Waals surface area contributed by atoms with E-state index in [4.69, 9.17) is 18.9 Å². The van der Waals surface area contributed by atoms with Crippen LogP contribution in [0.4, 0.5) is 9.18 Å². The first-order valence-corrected chi connectivity index (χ1v) is 16.9. The Balaban J connectivity index is 1.38. The van der Waals surface area contributed by atoms with Gasteiger partial charge in [0.05, 0.1) is 44.0 Å². The van der Waals surface area contributed by atoms with Crippen molar-refractivity contribution >= 4 is 18.0 Å². The van der Waals surface area contributed by atoms with Crippen LogP contribution in [0.1, 0.15) is 38.3 Å². The molecule has 0 bridgehead atoms. The molecule has 0 saturated carbocycles. The van der Waals surface area contributed by atoms with E-state index in [0.29, 0.717) is 13.0 Å². The molecule has 4 N–H and O–H groups in total. The number of aromatic nitrogens is 1. The number of hydrogen-bond acceptors (Lipinski definition) is 10. The fourth-order valence-corrected chi connectivity index (χ4v) is 6.42. The Kier molecular flexibility index (Phi) is 12.2. The first-order chi connectivity index (χ1) is 24.3. The van der Waals surface area contributed by atoms with Crippen molar-refractivity contribution in [3.63, 3.8) is 0 Å². The van der Waals surface area contributed by atoms with E-state index < -0.39 is 59.7 Å². The number of pyridine rings is 1. The lowest BCUT2D eigenvalue weighted by Crippen LogP contribution is -2.55. The summed E-state index contributed by atoms with van der Waals surface area (Å²) < 4.78 is 37.5. The van der Waals surface area contributed by atoms with Crippen molar-refractivity contribution < 1.29 is 52.8 Å². The normalized spacial score (nSPS) is 20.3. The van der Waals surface area contributed by atoms with Crippen molar-refractivity contribution in [2.45, 2.75) is 64.7 Å². The van der Waals surface area contributed by atoms with Crippen molar-refractivity contribution in [3.8, 4) is 11.1 Å². The number of aliphatic hydroxyl groups excluding tert-OH is 1. The summed E-state index contributed by atoms with van der Waals surface area (Å²) in [6.07, 6.45) is 0.721. The lowest BCUT2D eigenvalue weighted by Gasteiger charge is -2.33. The molecule has 274 valence electrons. The largest absolute Gasteiger partial charge is 0.468 e. The van der Waals surface area contributed by atoms with Crippen LogP contribution in [0.15, 0.2) is 73.1 Å². The summed E-state index contributed by atoms with van der Waals surface area (Å²) in [6, 6.07) is 16.0. The second-order valence-corrected chi connectivity index (χ2v) is 13.9. The number of halogens is 1. The van der Waals surface area contributed by atoms with Gasteiger partial charge in [-0.3, -0.25) is 20.2 Å². The van der Waals surface area contributed by atoms with Crippen molar-refractivity contribution in [2.24, 2.45) is 17.3 Å². The molecule has 2 aromatic carbocycles. The predicted molar refractivity (Wildman–Crippen MR) is 180 cm³/mol. The van der Waals surface area contributed by atoms with Gasteiger partial charge in [-0.1, -0.05) is 63.2 Å². The standard InChI is InChI=1S/C37H45FN4O9/c1-37(2,3)32(34(45)48-4)33(44)39-29(18-23-11-13-24(14-12-23)25-9-7-16-42(47)20-25)30(43)21-41(19-26-8-5-6-10-28(26)38)40-36(46)51-31-22-50-35-27(31)15-17-49-35/h5-14,16,20,27,29-32,35,43H,15,17-19,21-22H2,1-4H3,(H2-,39,40,44,46,47)/p+1. The predicted octanol–water partition coefficient (Wildman–Crippen LogP) is 3.15. The molecule has 6 atom stereocenters. The topological polar surface area (TPSA) is 160 Å². The fraction of sp³-hybridized carbons (Fsp3) is 0.459. The van der Waals surface area contributed by atoms with E-state index in [1.54, 1.807) is 51.2 Å². The SMILES string of the molecule is COC(=O)C(C(=O)NC(Cc1ccc(-c2ccc[n+](O)c2)cc1)C(O)CN(Cc1ccccc1F)NC(=O)OC1COC2OCCC12)C(C)(C)C. The minimum atomic E-state index is -1.34. The number of methoxy groups -OCH3 is 1. The number of esters is 1. The molecule has 0 aliphatic carbocycles. The Labute approximate surface area is 296 Å². The number of carbonyl (C=O) groups excluding carboxylic acids is 3. The lowest BCUT2D eigenvalue weighted by atomic mass is 9.80. The van der Waals surface area contributed by atoms with Crippen LogP contribution in [0.5, 0.6) is 0 Å². The van der Waals surface area contributed by atoms with Gasteiger partial charge in [-0.2, -0.15) is 0 Å². The van der Waals surface area contributed by atoms with Crippen LogP contribution in [-0.4, -0.2) is 84.7 Å². The third-order valence-corrected chi connectivity index (χ3v) is 9.11. The summed E-state index contributed by atoms with van der Waals surface area (Å²) >= 11 is 0. The summed E-state index contributed by atoms with van der Waals surface area (Å²) in [7, 11) is 1.20. The number of hydrogen-bond donors (Lipinski definition) is 4. The van der Waals surface area contributed by atoms with E-state index in [-0.39, 0.29) is 37.6 Å². The van der Waals surface area contributed by atoms with Crippen molar-refractivity contribution in [2.75, 3.05) is 26.9 Å². The maximum Gasteiger partial charge on any atom is 0.422 e. The molecular formula is C37H46FN4O9+. The number of benzene rings is 2. The number of ether oxygens (including phenoxy) is 4. The van der Waals surface area contributed by atoms with Gasteiger partial charge < -0.3 is 29.4 Å². The van der Waals surface area contributed by atoms with Gasteiger partial charge in [0.2, 0.25) is 18.3 Å². The second kappa shape index (κ2) is 16.6. The average Bonchev–Trinajstić information content (AvgIpc) is 3.70. The highest BCUT2D eigenvalue weighted by Crippen LogP contribution is 2.33. The van der Waals surface area contributed by atoms with Gasteiger partial charge in [-0.15, -0.1) is 0 Å². The van der Waals surface area contributed by atoms with Gasteiger partial charge in [0.25, 0.3) is 0 Å². The number of nitrogens with zero attached hydrogens (tertiary/aromatic N) is 2. The summed E-state index contributed by atoms with van der Waals surface area (Å²) in [4.78, 5) is 39.7. The van der Waals surface area contributed by atoms with E-state index >= 15 is 0 Å². The van der Waals surface area contributed by atoms with Gasteiger partial charge in [0.15, 0.2) is 6.29 Å². The first kappa shape index (κ1) is 37.6. The second-order valence-electron chi connectivity index (χ2n) is 13.9. The Morgan fingerprint density at radius 1 is 1.06 bits per heavy atom. The molecular weight excluding hydrogens is 663 g/mol. The third-order valence-electron chi connectivity index (χ3n) is 9.11. The summed E-state index contributed by atoms with van der Waals surface area (Å²) in [5.74, 6) is -3.18. The van der Waals surface area contributed by atoms with Gasteiger partial charge in [-0.05, 0) is 41.5 Å². The smallest absolute Gasteiger partial charge is 0.422 e. The maximum absolute atomic E-state index is 14.8. The van der Waals surface area contributed by atoms with Crippen molar-refractivity contribution in [1.29, 1.82) is 0 Å². The average molecular weight is 710 g/mol. The quantitative estimate of drug-likeness (QED) is 0.0683. The first-order valence-electron chi connectivity index (χ1n) is 16.9. The zero-order valence-corrected chi connectivity index (χ0v) is 29.2. The molecule has 1 aromatic heterocycles. The number of rotatable bonds is 13. The molecule has 0 radical (unpaired) electrons. The molecule has 3 aromatic rings. The third kappa shape index (κ3) is 9.79. The zero-order chi connectivity index (χ0) is 36.7. The van der Waals surface area contributed by atoms with E-state index in [2.05, 4.69) is 10.7 Å². The molecule has 2 aliphatic heterocycles. The van der Waals surface area contributed by atoms with Gasteiger partial charge in [0.1, 0.15) is 17.8 Å². The Bertz CT molecular complexity index is 1670. The van der Waals surface area contributed by atoms with E-state index in [1.165, 1.54) is 24.4 Å². The minimum absolute atomic E-state index is 0.107. The van der Waals surface area contributed by atoms with Gasteiger partial charge in [-0.25, -0.2) is 14.2 Å². The van der Waals surface area contributed by atoms with E-state index in [9.17, 15) is 29.1 Å². The highest BCUT2D eigenvalue weighted by atomic mass is 19.1. The molecule has 14 heteroatoms. The number of carbonyl (C=O) groups is 3. The molecule has 2 aliphatic rings. The molecule has 0 spiro atoms. The van der Waals surface area contributed by atoms with Crippen LogP contribution < -0.4 is 15.5 Å². The zero-order valence-electron chi connectivity index (χ0n) is 29.2. The number of nitrogens with one attached hydrogen (secondary N) is 2. The minimum Gasteiger partial charge on any atom is -0.468 e. The Hall–Kier alpha value is -4.63. The van der Waals surface area contributed by atoms with Gasteiger partial charge >= 0.3 is 12.1 Å². The molecule has 3 heterocycles. The molecule has 6 unspecified atom stereocenters. The van der Waals surface area contributed by atoms with Crippen molar-refractivity contribution in [1.82, 2.24) is 15.8 Å². The van der Waals surface area contributed by atoms with E-state index in [0.717, 1.165) is 21.4 Å². The number of hydrazine groups is 1. The molecule has 2 amide bonds. The molecule has 51 heavy (non-hydrogen) atoms. The Morgan fingerprint density at radius 2 is 1.80 bits per heavy atom. The highest BCUT2D eigenvalue weighted by molar-refractivity contribution is 5.98. The van der Waals surface area contributed by atoms with Crippen LogP contribution in [0.2, 0.25) is 0 Å². The van der Waals surface area contributed by atoms with Crippen molar-refractivity contribution in [3.05, 3.63) is 90.0 Å². The summed E-state index contributed by atoms with van der Waals surface area (Å²) in [5.41, 5.74) is 4.41. The van der Waals surface area contributed by atoms with Crippen LogP contribution in [-0.2, 0) is 41.5 Å². The molecule has 13 nitrogen and oxygen atoms in total. The summed E-state index contributed by atoms with van der Waals surface area (Å²) in [5, 5.41) is 25.8. The number of aliphatic hydroxyl groups is 1. The summed E-state index contributed by atoms with van der Waals surface area (Å²) in [6.45, 7) is 5.47. The van der Waals surface area contributed by atoms with Crippen LogP contribution in [0, 0.1) is 23.1 Å². The molecule has 2 saturated heterocycles. The maximum atomic E-state index is 14.8. The van der Waals surface area contributed by atoms with Crippen LogP contribution in [0.3, 0.4) is 0 Å². The lowest BCUT2D eigenvalue weighted by molar-refractivity contribution is -0.904.